The summed E-state index contributed by atoms with van der Waals surface area (Å²) in [5.41, 5.74) is 0.751. The van der Waals surface area contributed by atoms with Crippen LogP contribution in [0.25, 0.3) is 0 Å². The standard InChI is InChI=1S/C12H15FN2O4/c1-7-3-4-8(5-9(7)13)15-12(18)14-6-10(19-2)11(16)17/h3-5,10H,6H2,1-2H3,(H,16,17)(H2,14,15,18). The summed E-state index contributed by atoms with van der Waals surface area (Å²) in [6.07, 6.45) is -1.12. The summed E-state index contributed by atoms with van der Waals surface area (Å²) in [6, 6.07) is 3.62. The third kappa shape index (κ3) is 4.55. The molecule has 0 radical (unpaired) electrons. The molecule has 6 nitrogen and oxygen atoms in total. The Kier molecular flexibility index (Phi) is 5.25. The summed E-state index contributed by atoms with van der Waals surface area (Å²) >= 11 is 0. The number of carboxylic acid groups (broad SMARTS) is 1. The summed E-state index contributed by atoms with van der Waals surface area (Å²) in [4.78, 5) is 22.1. The first-order valence-electron chi connectivity index (χ1n) is 5.50. The van der Waals surface area contributed by atoms with E-state index >= 15 is 0 Å². The zero-order valence-electron chi connectivity index (χ0n) is 10.6. The van der Waals surface area contributed by atoms with Gasteiger partial charge in [-0.25, -0.2) is 14.0 Å². The molecule has 3 N–H and O–H groups in total. The van der Waals surface area contributed by atoms with Crippen LogP contribution >= 0.6 is 0 Å². The van der Waals surface area contributed by atoms with E-state index in [-0.39, 0.29) is 12.2 Å². The number of nitrogens with one attached hydrogen (secondary N) is 2. The first-order chi connectivity index (χ1) is 8.93. The average molecular weight is 270 g/mol. The van der Waals surface area contributed by atoms with Crippen LogP contribution in [-0.4, -0.2) is 36.9 Å². The van der Waals surface area contributed by atoms with Crippen molar-refractivity contribution in [1.29, 1.82) is 0 Å². The number of carbonyl (C=O) groups excluding carboxylic acids is 1. The maximum atomic E-state index is 13.2. The summed E-state index contributed by atoms with van der Waals surface area (Å²) in [5, 5.41) is 13.4. The number of benzene rings is 1. The summed E-state index contributed by atoms with van der Waals surface area (Å²) in [6.45, 7) is 1.42. The van der Waals surface area contributed by atoms with Crippen molar-refractivity contribution in [3.63, 3.8) is 0 Å². The Morgan fingerprint density at radius 3 is 2.68 bits per heavy atom. The first-order valence-corrected chi connectivity index (χ1v) is 5.50. The predicted octanol–water partition coefficient (Wildman–Crippen LogP) is 1.36. The maximum Gasteiger partial charge on any atom is 0.334 e. The molecule has 0 aromatic heterocycles. The van der Waals surface area contributed by atoms with Crippen molar-refractivity contribution in [3.05, 3.63) is 29.6 Å². The molecule has 1 unspecified atom stereocenters. The fourth-order valence-electron chi connectivity index (χ4n) is 1.30. The van der Waals surface area contributed by atoms with Crippen molar-refractivity contribution in [2.45, 2.75) is 13.0 Å². The molecule has 1 aromatic rings. The number of aliphatic carboxylic acids is 1. The molecule has 0 saturated heterocycles. The van der Waals surface area contributed by atoms with Crippen molar-refractivity contribution in [1.82, 2.24) is 5.32 Å². The second-order valence-corrected chi connectivity index (χ2v) is 3.86. The van der Waals surface area contributed by atoms with Crippen LogP contribution in [0.2, 0.25) is 0 Å². The largest absolute Gasteiger partial charge is 0.479 e. The minimum Gasteiger partial charge on any atom is -0.479 e. The van der Waals surface area contributed by atoms with E-state index in [1.54, 1.807) is 13.0 Å². The van der Waals surface area contributed by atoms with Crippen LogP contribution in [0.5, 0.6) is 0 Å². The number of aryl methyl sites for hydroxylation is 1. The SMILES string of the molecule is COC(CNC(=O)Nc1ccc(C)c(F)c1)C(=O)O. The maximum absolute atomic E-state index is 13.2. The monoisotopic (exact) mass is 270 g/mol. The molecule has 0 aliphatic heterocycles. The van der Waals surface area contributed by atoms with Gasteiger partial charge in [0.15, 0.2) is 6.10 Å². The highest BCUT2D eigenvalue weighted by molar-refractivity contribution is 5.89. The van der Waals surface area contributed by atoms with Gasteiger partial charge in [0.1, 0.15) is 5.82 Å². The number of halogens is 1. The van der Waals surface area contributed by atoms with Crippen LogP contribution in [0.3, 0.4) is 0 Å². The first kappa shape index (κ1) is 14.9. The lowest BCUT2D eigenvalue weighted by Gasteiger charge is -2.12. The lowest BCUT2D eigenvalue weighted by atomic mass is 10.2. The van der Waals surface area contributed by atoms with Gasteiger partial charge in [0, 0.05) is 12.8 Å². The van der Waals surface area contributed by atoms with E-state index in [9.17, 15) is 14.0 Å². The number of carboxylic acids is 1. The van der Waals surface area contributed by atoms with Crippen LogP contribution < -0.4 is 10.6 Å². The van der Waals surface area contributed by atoms with Gasteiger partial charge < -0.3 is 20.5 Å². The molecule has 0 heterocycles. The molecule has 7 heteroatoms. The second-order valence-electron chi connectivity index (χ2n) is 3.86. The number of rotatable bonds is 5. The van der Waals surface area contributed by atoms with Gasteiger partial charge in [-0.15, -0.1) is 0 Å². The lowest BCUT2D eigenvalue weighted by Crippen LogP contribution is -2.39. The van der Waals surface area contributed by atoms with Gasteiger partial charge in [-0.2, -0.15) is 0 Å². The van der Waals surface area contributed by atoms with E-state index in [1.165, 1.54) is 19.2 Å². The highest BCUT2D eigenvalue weighted by atomic mass is 19.1. The van der Waals surface area contributed by atoms with Gasteiger partial charge in [0.25, 0.3) is 0 Å². The van der Waals surface area contributed by atoms with Crippen LogP contribution in [0.4, 0.5) is 14.9 Å². The molecule has 0 aliphatic rings. The molecule has 0 fully saturated rings. The molecule has 0 saturated carbocycles. The van der Waals surface area contributed by atoms with E-state index in [0.29, 0.717) is 5.56 Å². The van der Waals surface area contributed by atoms with Crippen LogP contribution in [0.1, 0.15) is 5.56 Å². The Hall–Kier alpha value is -2.15. The molecular weight excluding hydrogens is 255 g/mol. The smallest absolute Gasteiger partial charge is 0.334 e. The number of hydrogen-bond acceptors (Lipinski definition) is 3. The minimum atomic E-state index is -1.18. The molecule has 1 atom stereocenters. The minimum absolute atomic E-state index is 0.188. The Balaban J connectivity index is 2.51. The van der Waals surface area contributed by atoms with Gasteiger partial charge in [0.2, 0.25) is 0 Å². The molecule has 104 valence electrons. The molecular formula is C12H15FN2O4. The molecule has 1 rings (SSSR count). The van der Waals surface area contributed by atoms with Gasteiger partial charge in [-0.05, 0) is 24.6 Å². The topological polar surface area (TPSA) is 87.7 Å². The summed E-state index contributed by atoms with van der Waals surface area (Å²) in [5.74, 6) is -1.61. The van der Waals surface area contributed by atoms with Crippen molar-refractivity contribution < 1.29 is 23.8 Å². The highest BCUT2D eigenvalue weighted by Crippen LogP contribution is 2.13. The molecule has 0 spiro atoms. The van der Waals surface area contributed by atoms with Crippen LogP contribution in [-0.2, 0) is 9.53 Å². The number of ether oxygens (including phenoxy) is 1. The molecule has 19 heavy (non-hydrogen) atoms. The fraction of sp³-hybridized carbons (Fsp3) is 0.333. The van der Waals surface area contributed by atoms with E-state index in [2.05, 4.69) is 15.4 Å². The van der Waals surface area contributed by atoms with Gasteiger partial charge in [-0.1, -0.05) is 6.07 Å². The van der Waals surface area contributed by atoms with Gasteiger partial charge in [-0.3, -0.25) is 0 Å². The highest BCUT2D eigenvalue weighted by Gasteiger charge is 2.17. The number of hydrogen-bond donors (Lipinski definition) is 3. The Labute approximate surface area is 109 Å². The Bertz CT molecular complexity index is 479. The third-order valence-corrected chi connectivity index (χ3v) is 2.44. The molecule has 2 amide bonds. The van der Waals surface area contributed by atoms with E-state index in [1.807, 2.05) is 0 Å². The third-order valence-electron chi connectivity index (χ3n) is 2.44. The number of anilines is 1. The quantitative estimate of drug-likeness (QED) is 0.753. The van der Waals surface area contributed by atoms with Crippen molar-refractivity contribution in [3.8, 4) is 0 Å². The second kappa shape index (κ2) is 6.69. The van der Waals surface area contributed by atoms with Crippen molar-refractivity contribution in [2.75, 3.05) is 19.0 Å². The van der Waals surface area contributed by atoms with E-state index in [4.69, 9.17) is 5.11 Å². The summed E-state index contributed by atoms with van der Waals surface area (Å²) < 4.78 is 17.9. The van der Waals surface area contributed by atoms with Crippen molar-refractivity contribution >= 4 is 17.7 Å². The number of methoxy groups -OCH3 is 1. The Morgan fingerprint density at radius 2 is 2.16 bits per heavy atom. The molecule has 0 aliphatic carbocycles. The average Bonchev–Trinajstić information content (AvgIpc) is 2.34. The molecule has 0 bridgehead atoms. The Morgan fingerprint density at radius 1 is 1.47 bits per heavy atom. The van der Waals surface area contributed by atoms with Crippen LogP contribution in [0, 0.1) is 12.7 Å². The fourth-order valence-corrected chi connectivity index (χ4v) is 1.30. The summed E-state index contributed by atoms with van der Waals surface area (Å²) in [7, 11) is 1.23. The van der Waals surface area contributed by atoms with Crippen molar-refractivity contribution in [2.24, 2.45) is 0 Å². The van der Waals surface area contributed by atoms with Crippen LogP contribution in [0.15, 0.2) is 18.2 Å². The lowest BCUT2D eigenvalue weighted by molar-refractivity contribution is -0.147. The van der Waals surface area contributed by atoms with Gasteiger partial charge >= 0.3 is 12.0 Å². The van der Waals surface area contributed by atoms with E-state index in [0.717, 1.165) is 0 Å². The number of carbonyl (C=O) groups is 2. The number of urea groups is 1. The van der Waals surface area contributed by atoms with E-state index < -0.39 is 23.9 Å². The van der Waals surface area contributed by atoms with Gasteiger partial charge in [0.05, 0.1) is 6.54 Å². The zero-order chi connectivity index (χ0) is 14.4. The zero-order valence-corrected chi connectivity index (χ0v) is 10.6. The predicted molar refractivity (Wildman–Crippen MR) is 66.6 cm³/mol. The number of amides is 2. The normalized spacial score (nSPS) is 11.7. The molecule has 1 aromatic carbocycles.